The number of aliphatic hydroxyl groups excluding tert-OH is 1. The normalized spacial score (nSPS) is 19.2. The maximum atomic E-state index is 11.4. The topological polar surface area (TPSA) is 67.8 Å². The Morgan fingerprint density at radius 3 is 2.40 bits per heavy atom. The van der Waals surface area contributed by atoms with Gasteiger partial charge < -0.3 is 19.7 Å². The first-order valence-electron chi connectivity index (χ1n) is 8.25. The molecule has 0 aromatic heterocycles. The summed E-state index contributed by atoms with van der Waals surface area (Å²) in [5, 5.41) is 12.7. The van der Waals surface area contributed by atoms with Gasteiger partial charge in [0.2, 0.25) is 5.91 Å². The van der Waals surface area contributed by atoms with Gasteiger partial charge in [-0.3, -0.25) is 4.79 Å². The summed E-state index contributed by atoms with van der Waals surface area (Å²) < 4.78 is 12.2. The van der Waals surface area contributed by atoms with Crippen molar-refractivity contribution in [2.45, 2.75) is 52.4 Å². The Hall–Kier alpha value is -1.34. The van der Waals surface area contributed by atoms with E-state index in [9.17, 15) is 9.90 Å². The number of hydrogen-bond donors (Lipinski definition) is 2. The zero-order valence-electron chi connectivity index (χ0n) is 15.4. The van der Waals surface area contributed by atoms with Gasteiger partial charge in [-0.25, -0.2) is 0 Å². The van der Waals surface area contributed by atoms with Gasteiger partial charge in [0, 0.05) is 18.5 Å². The highest BCUT2D eigenvalue weighted by atomic mass is 35.5. The summed E-state index contributed by atoms with van der Waals surface area (Å²) in [4.78, 5) is 11.4. The first-order valence-corrected chi connectivity index (χ1v) is 8.63. The minimum atomic E-state index is -0.592. The second kappa shape index (κ2) is 7.50. The highest BCUT2D eigenvalue weighted by Crippen LogP contribution is 2.39. The molecule has 0 radical (unpaired) electrons. The molecular weight excluding hydrogens is 340 g/mol. The molecule has 1 amide bonds. The molecule has 0 unspecified atom stereocenters. The fraction of sp³-hybridized carbons (Fsp3) is 0.500. The largest absolute Gasteiger partial charge is 0.492 e. The molecule has 1 saturated heterocycles. The maximum absolute atomic E-state index is 11.4. The summed E-state index contributed by atoms with van der Waals surface area (Å²) in [6.07, 6.45) is 1.85. The summed E-state index contributed by atoms with van der Waals surface area (Å²) >= 11 is 6.28. The lowest BCUT2D eigenvalue weighted by molar-refractivity contribution is -0.118. The van der Waals surface area contributed by atoms with E-state index in [1.807, 2.05) is 33.8 Å². The van der Waals surface area contributed by atoms with Gasteiger partial charge in [-0.05, 0) is 56.4 Å². The number of benzene rings is 1. The Morgan fingerprint density at radius 1 is 1.28 bits per heavy atom. The molecule has 0 aliphatic carbocycles. The predicted molar refractivity (Wildman–Crippen MR) is 100 cm³/mol. The van der Waals surface area contributed by atoms with Gasteiger partial charge in [0.1, 0.15) is 0 Å². The number of amides is 1. The summed E-state index contributed by atoms with van der Waals surface area (Å²) in [7, 11) is -0.592. The first-order chi connectivity index (χ1) is 11.6. The Bertz CT molecular complexity index is 672. The smallest absolute Gasteiger partial charge is 0.400 e. The molecule has 136 valence electrons. The van der Waals surface area contributed by atoms with Crippen molar-refractivity contribution >= 4 is 30.7 Å². The Labute approximate surface area is 154 Å². The molecule has 7 heteroatoms. The Morgan fingerprint density at radius 2 is 1.88 bits per heavy atom. The maximum Gasteiger partial charge on any atom is 0.492 e. The van der Waals surface area contributed by atoms with Crippen molar-refractivity contribution in [1.82, 2.24) is 5.32 Å². The zero-order chi connectivity index (χ0) is 18.8. The van der Waals surface area contributed by atoms with Crippen LogP contribution in [0.2, 0.25) is 5.02 Å². The first kappa shape index (κ1) is 20.0. The van der Waals surface area contributed by atoms with E-state index in [-0.39, 0.29) is 19.1 Å². The van der Waals surface area contributed by atoms with Gasteiger partial charge in [0.05, 0.1) is 17.8 Å². The highest BCUT2D eigenvalue weighted by Gasteiger charge is 2.52. The number of carbonyl (C=O) groups is 1. The van der Waals surface area contributed by atoms with Gasteiger partial charge in [-0.1, -0.05) is 23.7 Å². The van der Waals surface area contributed by atoms with Crippen LogP contribution < -0.4 is 5.32 Å². The third kappa shape index (κ3) is 4.64. The van der Waals surface area contributed by atoms with Crippen LogP contribution in [0.4, 0.5) is 0 Å². The molecule has 1 aromatic rings. The molecule has 1 aliphatic heterocycles. The van der Waals surface area contributed by atoms with Crippen LogP contribution >= 0.6 is 11.6 Å². The van der Waals surface area contributed by atoms with Gasteiger partial charge in [0.15, 0.2) is 0 Å². The number of halogens is 1. The van der Waals surface area contributed by atoms with E-state index in [4.69, 9.17) is 20.9 Å². The van der Waals surface area contributed by atoms with Crippen LogP contribution in [0.25, 0.3) is 6.08 Å². The summed E-state index contributed by atoms with van der Waals surface area (Å²) in [6.45, 7) is 9.57. The van der Waals surface area contributed by atoms with Crippen molar-refractivity contribution < 1.29 is 19.2 Å². The van der Waals surface area contributed by atoms with Crippen molar-refractivity contribution in [3.8, 4) is 0 Å². The van der Waals surface area contributed by atoms with Crippen LogP contribution in [-0.2, 0) is 20.7 Å². The molecular formula is C18H25BClNO4. The van der Waals surface area contributed by atoms with Crippen molar-refractivity contribution in [2.24, 2.45) is 0 Å². The summed E-state index contributed by atoms with van der Waals surface area (Å²) in [5.41, 5.74) is 1.28. The SMILES string of the molecule is CC(=O)NCC(=Cc1cc(CO)ccc1Cl)B1OC(C)(C)C(C)(C)O1. The van der Waals surface area contributed by atoms with E-state index in [0.29, 0.717) is 5.02 Å². The molecule has 1 fully saturated rings. The quantitative estimate of drug-likeness (QED) is 0.787. The van der Waals surface area contributed by atoms with Crippen molar-refractivity contribution in [1.29, 1.82) is 0 Å². The Balaban J connectivity index is 2.38. The molecule has 2 rings (SSSR count). The molecule has 0 saturated carbocycles. The van der Waals surface area contributed by atoms with Gasteiger partial charge in [-0.2, -0.15) is 0 Å². The molecule has 1 aliphatic rings. The molecule has 1 heterocycles. The molecule has 25 heavy (non-hydrogen) atoms. The molecule has 5 nitrogen and oxygen atoms in total. The number of aliphatic hydroxyl groups is 1. The van der Waals surface area contributed by atoms with Crippen LogP contribution in [-0.4, -0.2) is 35.9 Å². The second-order valence-corrected chi connectivity index (χ2v) is 7.64. The number of nitrogens with one attached hydrogen (secondary N) is 1. The van der Waals surface area contributed by atoms with Crippen molar-refractivity contribution in [3.63, 3.8) is 0 Å². The monoisotopic (exact) mass is 365 g/mol. The molecule has 2 N–H and O–H groups in total. The fourth-order valence-electron chi connectivity index (χ4n) is 2.43. The van der Waals surface area contributed by atoms with Crippen molar-refractivity contribution in [2.75, 3.05) is 6.54 Å². The Kier molecular flexibility index (Phi) is 5.99. The lowest BCUT2D eigenvalue weighted by Gasteiger charge is -2.32. The average Bonchev–Trinajstić information content (AvgIpc) is 2.73. The standard InChI is InChI=1S/C18H25BClNO4/c1-12(23)21-10-15(19-24-17(2,3)18(4,5)25-19)9-14-8-13(11-22)6-7-16(14)20/h6-9,22H,10-11H2,1-5H3,(H,21,23). The lowest BCUT2D eigenvalue weighted by atomic mass is 9.77. The molecule has 1 aromatic carbocycles. The van der Waals surface area contributed by atoms with Crippen LogP contribution in [0.3, 0.4) is 0 Å². The second-order valence-electron chi connectivity index (χ2n) is 7.23. The van der Waals surface area contributed by atoms with E-state index in [0.717, 1.165) is 16.6 Å². The minimum Gasteiger partial charge on any atom is -0.400 e. The molecule has 0 atom stereocenters. The summed E-state index contributed by atoms with van der Waals surface area (Å²) in [6, 6.07) is 5.31. The van der Waals surface area contributed by atoms with E-state index >= 15 is 0 Å². The number of hydrogen-bond acceptors (Lipinski definition) is 4. The average molecular weight is 366 g/mol. The minimum absolute atomic E-state index is 0.0739. The van der Waals surface area contributed by atoms with Crippen LogP contribution in [0.15, 0.2) is 23.7 Å². The summed E-state index contributed by atoms with van der Waals surface area (Å²) in [5.74, 6) is -0.141. The number of rotatable bonds is 5. The van der Waals surface area contributed by atoms with E-state index < -0.39 is 18.3 Å². The van der Waals surface area contributed by atoms with Crippen LogP contribution in [0, 0.1) is 0 Å². The third-order valence-electron chi connectivity index (χ3n) is 4.68. The number of carbonyl (C=O) groups excluding carboxylic acids is 1. The lowest BCUT2D eigenvalue weighted by Crippen LogP contribution is -2.41. The van der Waals surface area contributed by atoms with E-state index in [2.05, 4.69) is 5.32 Å². The van der Waals surface area contributed by atoms with E-state index in [1.165, 1.54) is 6.92 Å². The van der Waals surface area contributed by atoms with E-state index in [1.54, 1.807) is 18.2 Å². The third-order valence-corrected chi connectivity index (χ3v) is 5.03. The van der Waals surface area contributed by atoms with Crippen molar-refractivity contribution in [3.05, 3.63) is 39.8 Å². The zero-order valence-corrected chi connectivity index (χ0v) is 16.1. The van der Waals surface area contributed by atoms with Gasteiger partial charge in [0.25, 0.3) is 0 Å². The van der Waals surface area contributed by atoms with Gasteiger partial charge >= 0.3 is 7.12 Å². The van der Waals surface area contributed by atoms with Crippen LogP contribution in [0.1, 0.15) is 45.7 Å². The molecule has 0 spiro atoms. The molecule has 0 bridgehead atoms. The fourth-order valence-corrected chi connectivity index (χ4v) is 2.60. The van der Waals surface area contributed by atoms with Gasteiger partial charge in [-0.15, -0.1) is 0 Å². The van der Waals surface area contributed by atoms with Crippen LogP contribution in [0.5, 0.6) is 0 Å². The highest BCUT2D eigenvalue weighted by molar-refractivity contribution is 6.56. The predicted octanol–water partition coefficient (Wildman–Crippen LogP) is 2.98.